The summed E-state index contributed by atoms with van der Waals surface area (Å²) in [6.45, 7) is 4.97. The van der Waals surface area contributed by atoms with E-state index >= 15 is 13.2 Å². The van der Waals surface area contributed by atoms with Crippen molar-refractivity contribution in [3.8, 4) is 6.07 Å². The molecule has 0 radical (unpaired) electrons. The van der Waals surface area contributed by atoms with Crippen LogP contribution in [-0.2, 0) is 4.74 Å². The maximum absolute atomic E-state index is 15.3. The van der Waals surface area contributed by atoms with E-state index in [0.29, 0.717) is 11.4 Å². The predicted molar refractivity (Wildman–Crippen MR) is 144 cm³/mol. The lowest BCUT2D eigenvalue weighted by atomic mass is 9.86. The number of ether oxygens (including phenoxy) is 1. The van der Waals surface area contributed by atoms with Crippen LogP contribution in [-0.4, -0.2) is 54.2 Å². The summed E-state index contributed by atoms with van der Waals surface area (Å²) in [6, 6.07) is 6.80. The first-order valence-electron chi connectivity index (χ1n) is 12.2. The summed E-state index contributed by atoms with van der Waals surface area (Å²) in [5.74, 6) is -4.70. The number of likely N-dealkylation sites (N-methyl/N-ethyl adjacent to an activating group) is 1. The number of carbonyl (C=O) groups is 1. The molecule has 0 spiro atoms. The van der Waals surface area contributed by atoms with Gasteiger partial charge in [-0.1, -0.05) is 6.07 Å². The van der Waals surface area contributed by atoms with Crippen LogP contribution in [0.2, 0.25) is 0 Å². The number of rotatable bonds is 8. The third-order valence-corrected chi connectivity index (χ3v) is 5.84. The number of nitrogens with zero attached hydrogens (tertiary/aromatic N) is 4. The number of hydrazone groups is 1. The van der Waals surface area contributed by atoms with Crippen molar-refractivity contribution in [3.05, 3.63) is 41.7 Å². The Balaban J connectivity index is 1.94. The molecule has 4 N–H and O–H groups in total. The molecule has 1 fully saturated rings. The van der Waals surface area contributed by atoms with Crippen molar-refractivity contribution < 1.29 is 22.7 Å². The zero-order chi connectivity index (χ0) is 28.8. The molecule has 1 aliphatic rings. The Morgan fingerprint density at radius 1 is 1.33 bits per heavy atom. The lowest BCUT2D eigenvalue weighted by Crippen LogP contribution is -2.62. The van der Waals surface area contributed by atoms with E-state index in [1.165, 1.54) is 13.3 Å². The van der Waals surface area contributed by atoms with Gasteiger partial charge in [0.15, 0.2) is 17.5 Å². The number of pyridine rings is 1. The molecule has 1 saturated carbocycles. The molecule has 0 unspecified atom stereocenters. The highest BCUT2D eigenvalue weighted by Gasteiger charge is 2.51. The molecule has 2 aromatic rings. The van der Waals surface area contributed by atoms with E-state index in [1.54, 1.807) is 45.0 Å². The van der Waals surface area contributed by atoms with Crippen LogP contribution in [0, 0.1) is 22.6 Å². The van der Waals surface area contributed by atoms with E-state index < -0.39 is 47.8 Å². The Morgan fingerprint density at radius 3 is 2.72 bits per heavy atom. The SMILES string of the molecule is CN(c1nc(Nc2cccc(N/N=C\C=N)c2)c(C#N)cc1F)[C@H]1[C@@H](NC(=O)OC(C)(C)C)CCCC1(F)F. The van der Waals surface area contributed by atoms with Crippen molar-refractivity contribution in [3.63, 3.8) is 0 Å². The molecule has 10 nitrogen and oxygen atoms in total. The zero-order valence-corrected chi connectivity index (χ0v) is 22.1. The Hall–Kier alpha value is -4.34. The van der Waals surface area contributed by atoms with Crippen LogP contribution >= 0.6 is 0 Å². The lowest BCUT2D eigenvalue weighted by molar-refractivity contribution is -0.0643. The highest BCUT2D eigenvalue weighted by Crippen LogP contribution is 2.39. The average Bonchev–Trinajstić information content (AvgIpc) is 2.83. The Morgan fingerprint density at radius 2 is 2.05 bits per heavy atom. The van der Waals surface area contributed by atoms with Crippen LogP contribution in [0.15, 0.2) is 35.4 Å². The van der Waals surface area contributed by atoms with E-state index in [-0.39, 0.29) is 24.2 Å². The molecular formula is C26H31F3N8O2. The minimum atomic E-state index is -3.28. The molecule has 0 saturated heterocycles. The van der Waals surface area contributed by atoms with E-state index in [1.807, 2.05) is 6.07 Å². The Kier molecular flexibility index (Phi) is 9.00. The normalized spacial score (nSPS) is 18.6. The third-order valence-electron chi connectivity index (χ3n) is 5.84. The maximum Gasteiger partial charge on any atom is 0.407 e. The fourth-order valence-corrected chi connectivity index (χ4v) is 4.31. The molecular weight excluding hydrogens is 513 g/mol. The van der Waals surface area contributed by atoms with Crippen LogP contribution < -0.4 is 21.0 Å². The molecule has 1 aliphatic carbocycles. The summed E-state index contributed by atoms with van der Waals surface area (Å²) in [7, 11) is 1.28. The van der Waals surface area contributed by atoms with Crippen molar-refractivity contribution in [1.29, 1.82) is 10.7 Å². The predicted octanol–water partition coefficient (Wildman–Crippen LogP) is 5.40. The van der Waals surface area contributed by atoms with Gasteiger partial charge in [0.2, 0.25) is 0 Å². The van der Waals surface area contributed by atoms with Gasteiger partial charge < -0.3 is 25.7 Å². The second kappa shape index (κ2) is 12.0. The van der Waals surface area contributed by atoms with Crippen molar-refractivity contribution in [2.24, 2.45) is 5.10 Å². The number of hydrogen-bond acceptors (Lipinski definition) is 9. The highest BCUT2D eigenvalue weighted by atomic mass is 19.3. The minimum absolute atomic E-state index is 0.0447. The number of nitrogens with one attached hydrogen (secondary N) is 4. The Labute approximate surface area is 224 Å². The summed E-state index contributed by atoms with van der Waals surface area (Å²) in [4.78, 5) is 17.6. The topological polar surface area (TPSA) is 139 Å². The number of amides is 1. The smallest absolute Gasteiger partial charge is 0.407 e. The molecule has 208 valence electrons. The highest BCUT2D eigenvalue weighted by molar-refractivity contribution is 6.14. The molecule has 1 aromatic carbocycles. The van der Waals surface area contributed by atoms with Gasteiger partial charge in [-0.25, -0.2) is 22.9 Å². The average molecular weight is 545 g/mol. The molecule has 0 aliphatic heterocycles. The summed E-state index contributed by atoms with van der Waals surface area (Å²) in [6.07, 6.45) is 1.33. The molecule has 1 aromatic heterocycles. The van der Waals surface area contributed by atoms with Gasteiger partial charge in [0.05, 0.1) is 23.5 Å². The molecule has 3 rings (SSSR count). The van der Waals surface area contributed by atoms with Gasteiger partial charge in [-0.2, -0.15) is 10.4 Å². The number of alkyl halides is 2. The first kappa shape index (κ1) is 29.2. The molecule has 2 atom stereocenters. The van der Waals surface area contributed by atoms with Gasteiger partial charge in [0.1, 0.15) is 17.7 Å². The van der Waals surface area contributed by atoms with Crippen LogP contribution in [0.1, 0.15) is 45.6 Å². The van der Waals surface area contributed by atoms with Gasteiger partial charge in [0.25, 0.3) is 5.92 Å². The molecule has 1 amide bonds. The number of anilines is 4. The monoisotopic (exact) mass is 544 g/mol. The first-order chi connectivity index (χ1) is 18.3. The number of halogens is 3. The number of hydrogen-bond donors (Lipinski definition) is 4. The van der Waals surface area contributed by atoms with Crippen molar-refractivity contribution >= 4 is 41.5 Å². The molecule has 1 heterocycles. The maximum atomic E-state index is 15.3. The first-order valence-corrected chi connectivity index (χ1v) is 12.2. The van der Waals surface area contributed by atoms with Crippen LogP contribution in [0.25, 0.3) is 0 Å². The van der Waals surface area contributed by atoms with Gasteiger partial charge in [-0.15, -0.1) is 0 Å². The molecule has 0 bridgehead atoms. The van der Waals surface area contributed by atoms with E-state index in [9.17, 15) is 10.1 Å². The van der Waals surface area contributed by atoms with Gasteiger partial charge in [-0.3, -0.25) is 5.43 Å². The number of carbonyl (C=O) groups excluding carboxylic acids is 1. The lowest BCUT2D eigenvalue weighted by Gasteiger charge is -2.43. The minimum Gasteiger partial charge on any atom is -0.444 e. The fraction of sp³-hybridized carbons (Fsp3) is 0.423. The second-order valence-corrected chi connectivity index (χ2v) is 10.0. The molecule has 39 heavy (non-hydrogen) atoms. The zero-order valence-electron chi connectivity index (χ0n) is 22.1. The van der Waals surface area contributed by atoms with Crippen LogP contribution in [0.4, 0.5) is 41.0 Å². The fourth-order valence-electron chi connectivity index (χ4n) is 4.31. The third kappa shape index (κ3) is 7.59. The van der Waals surface area contributed by atoms with Gasteiger partial charge >= 0.3 is 6.09 Å². The number of aromatic nitrogens is 1. The number of nitriles is 1. The number of benzene rings is 1. The van der Waals surface area contributed by atoms with Crippen LogP contribution in [0.3, 0.4) is 0 Å². The van der Waals surface area contributed by atoms with Gasteiger partial charge in [-0.05, 0) is 57.9 Å². The van der Waals surface area contributed by atoms with Crippen molar-refractivity contribution in [1.82, 2.24) is 10.3 Å². The summed E-state index contributed by atoms with van der Waals surface area (Å²) < 4.78 is 50.9. The summed E-state index contributed by atoms with van der Waals surface area (Å²) in [5.41, 5.74) is 2.77. The quantitative estimate of drug-likeness (QED) is 0.258. The molecule has 13 heteroatoms. The Bertz CT molecular complexity index is 1270. The second-order valence-electron chi connectivity index (χ2n) is 10.0. The van der Waals surface area contributed by atoms with E-state index in [0.717, 1.165) is 17.2 Å². The van der Waals surface area contributed by atoms with E-state index in [2.05, 4.69) is 26.1 Å². The summed E-state index contributed by atoms with van der Waals surface area (Å²) in [5, 5.41) is 25.8. The van der Waals surface area contributed by atoms with Gasteiger partial charge in [0, 0.05) is 25.4 Å². The van der Waals surface area contributed by atoms with Crippen LogP contribution in [0.5, 0.6) is 0 Å². The van der Waals surface area contributed by atoms with Crippen molar-refractivity contribution in [2.75, 3.05) is 22.7 Å². The van der Waals surface area contributed by atoms with Crippen molar-refractivity contribution in [2.45, 2.75) is 63.6 Å². The largest absolute Gasteiger partial charge is 0.444 e. The van der Waals surface area contributed by atoms with E-state index in [4.69, 9.17) is 10.1 Å². The number of alkyl carbamates (subject to hydrolysis) is 1. The summed E-state index contributed by atoms with van der Waals surface area (Å²) >= 11 is 0. The standard InChI is InChI=1S/C26H31F3N8O2/c1-25(2,3)39-24(38)34-20-9-6-10-26(28,29)21(20)37(4)23-19(27)13-16(15-31)22(35-23)33-17-7-5-8-18(14-17)36-32-12-11-30/h5,7-8,11-14,20-21,30,36H,6,9-10H2,1-4H3,(H,33,35)(H,34,38)/b30-11?,32-12-/t20-,21-/m0/s1.